The largest absolute Gasteiger partial charge is 0.353 e. The van der Waals surface area contributed by atoms with Gasteiger partial charge in [0.2, 0.25) is 0 Å². The number of nitrogens with one attached hydrogen (secondary N) is 1. The first-order valence-corrected chi connectivity index (χ1v) is 5.48. The minimum absolute atomic E-state index is 0.0309. The number of benzene rings is 2. The van der Waals surface area contributed by atoms with Gasteiger partial charge in [-0.2, -0.15) is 0 Å². The first kappa shape index (κ1) is 12.1. The fourth-order valence-electron chi connectivity index (χ4n) is 1.37. The summed E-state index contributed by atoms with van der Waals surface area (Å²) in [6.45, 7) is 0. The van der Waals surface area contributed by atoms with E-state index in [0.717, 1.165) is 18.2 Å². The summed E-state index contributed by atoms with van der Waals surface area (Å²) in [4.78, 5) is 0. The summed E-state index contributed by atoms with van der Waals surface area (Å²) < 4.78 is 26.3. The molecule has 0 spiro atoms. The van der Waals surface area contributed by atoms with Crippen molar-refractivity contribution < 1.29 is 8.78 Å². The molecule has 2 aromatic carbocycles. The predicted molar refractivity (Wildman–Crippen MR) is 66.1 cm³/mol. The van der Waals surface area contributed by atoms with E-state index in [0.29, 0.717) is 15.7 Å². The van der Waals surface area contributed by atoms with Crippen LogP contribution in [0.4, 0.5) is 20.2 Å². The summed E-state index contributed by atoms with van der Waals surface area (Å²) in [5.74, 6) is -1.08. The molecule has 5 heteroatoms. The van der Waals surface area contributed by atoms with Crippen molar-refractivity contribution in [2.24, 2.45) is 0 Å². The molecule has 1 nitrogen and oxygen atoms in total. The van der Waals surface area contributed by atoms with Crippen molar-refractivity contribution >= 4 is 34.6 Å². The van der Waals surface area contributed by atoms with E-state index >= 15 is 0 Å². The Hall–Kier alpha value is -1.32. The van der Waals surface area contributed by atoms with E-state index in [2.05, 4.69) is 5.32 Å². The molecule has 0 bridgehead atoms. The van der Waals surface area contributed by atoms with Gasteiger partial charge >= 0.3 is 0 Å². The Morgan fingerprint density at radius 3 is 2.18 bits per heavy atom. The van der Waals surface area contributed by atoms with Crippen LogP contribution in [0.1, 0.15) is 0 Å². The van der Waals surface area contributed by atoms with E-state index in [4.69, 9.17) is 23.2 Å². The maximum absolute atomic E-state index is 13.4. The summed E-state index contributed by atoms with van der Waals surface area (Å²) >= 11 is 11.6. The minimum atomic E-state index is -0.553. The molecular weight excluding hydrogens is 267 g/mol. The quantitative estimate of drug-likeness (QED) is 0.811. The highest BCUT2D eigenvalue weighted by Gasteiger charge is 2.05. The SMILES string of the molecule is Fc1ccc(F)c(Nc2cc(Cl)cc(Cl)c2)c1. The highest BCUT2D eigenvalue weighted by atomic mass is 35.5. The van der Waals surface area contributed by atoms with Crippen molar-refractivity contribution in [3.63, 3.8) is 0 Å². The Morgan fingerprint density at radius 2 is 1.53 bits per heavy atom. The average molecular weight is 274 g/mol. The molecule has 88 valence electrons. The molecule has 0 aliphatic heterocycles. The van der Waals surface area contributed by atoms with E-state index in [1.165, 1.54) is 0 Å². The first-order chi connectivity index (χ1) is 8.04. The van der Waals surface area contributed by atoms with E-state index in [9.17, 15) is 8.78 Å². The molecule has 0 fully saturated rings. The summed E-state index contributed by atoms with van der Waals surface area (Å²) in [6, 6.07) is 7.84. The monoisotopic (exact) mass is 273 g/mol. The Balaban J connectivity index is 2.34. The first-order valence-electron chi connectivity index (χ1n) is 4.73. The van der Waals surface area contributed by atoms with Crippen LogP contribution in [-0.2, 0) is 0 Å². The topological polar surface area (TPSA) is 12.0 Å². The van der Waals surface area contributed by atoms with Gasteiger partial charge in [0.25, 0.3) is 0 Å². The van der Waals surface area contributed by atoms with E-state index in [-0.39, 0.29) is 5.69 Å². The normalized spacial score (nSPS) is 10.4. The molecule has 0 atom stereocenters. The lowest BCUT2D eigenvalue weighted by molar-refractivity contribution is 0.603. The van der Waals surface area contributed by atoms with Gasteiger partial charge in [-0.1, -0.05) is 23.2 Å². The second-order valence-corrected chi connectivity index (χ2v) is 4.28. The summed E-state index contributed by atoms with van der Waals surface area (Å²) in [5, 5.41) is 3.54. The smallest absolute Gasteiger partial charge is 0.146 e. The standard InChI is InChI=1S/C12H7Cl2F2N/c13-7-3-8(14)5-10(4-7)17-12-6-9(15)1-2-11(12)16/h1-6,17H. The van der Waals surface area contributed by atoms with Crippen LogP contribution in [0.3, 0.4) is 0 Å². The number of rotatable bonds is 2. The van der Waals surface area contributed by atoms with Gasteiger partial charge in [-0.25, -0.2) is 8.78 Å². The van der Waals surface area contributed by atoms with Crippen molar-refractivity contribution in [1.29, 1.82) is 0 Å². The molecule has 1 N–H and O–H groups in total. The maximum Gasteiger partial charge on any atom is 0.146 e. The molecule has 2 aromatic rings. The zero-order chi connectivity index (χ0) is 12.4. The van der Waals surface area contributed by atoms with Crippen LogP contribution in [0.5, 0.6) is 0 Å². The molecule has 0 aromatic heterocycles. The molecule has 17 heavy (non-hydrogen) atoms. The Bertz CT molecular complexity index is 538. The van der Waals surface area contributed by atoms with Crippen LogP contribution in [0.15, 0.2) is 36.4 Å². The number of halogens is 4. The van der Waals surface area contributed by atoms with E-state index in [1.807, 2.05) is 0 Å². The van der Waals surface area contributed by atoms with Gasteiger partial charge in [0.05, 0.1) is 5.69 Å². The Morgan fingerprint density at radius 1 is 0.882 bits per heavy atom. The van der Waals surface area contributed by atoms with Crippen LogP contribution in [0, 0.1) is 11.6 Å². The Kier molecular flexibility index (Phi) is 3.50. The van der Waals surface area contributed by atoms with Crippen LogP contribution in [-0.4, -0.2) is 0 Å². The summed E-state index contributed by atoms with van der Waals surface area (Å²) in [7, 11) is 0. The fraction of sp³-hybridized carbons (Fsp3) is 0. The molecule has 0 saturated heterocycles. The third kappa shape index (κ3) is 3.08. The van der Waals surface area contributed by atoms with Gasteiger partial charge in [0, 0.05) is 21.8 Å². The lowest BCUT2D eigenvalue weighted by atomic mass is 10.2. The third-order valence-corrected chi connectivity index (χ3v) is 2.51. The Labute approximate surface area is 107 Å². The number of hydrogen-bond acceptors (Lipinski definition) is 1. The highest BCUT2D eigenvalue weighted by Crippen LogP contribution is 2.26. The van der Waals surface area contributed by atoms with Crippen LogP contribution in [0.2, 0.25) is 10.0 Å². The van der Waals surface area contributed by atoms with E-state index in [1.54, 1.807) is 18.2 Å². The molecule has 0 unspecified atom stereocenters. The van der Waals surface area contributed by atoms with Gasteiger partial charge in [-0.05, 0) is 30.3 Å². The maximum atomic E-state index is 13.4. The molecule has 0 saturated carbocycles. The molecule has 2 rings (SSSR count). The fourth-order valence-corrected chi connectivity index (χ4v) is 1.90. The van der Waals surface area contributed by atoms with Crippen molar-refractivity contribution in [3.8, 4) is 0 Å². The van der Waals surface area contributed by atoms with Crippen molar-refractivity contribution in [2.45, 2.75) is 0 Å². The lowest BCUT2D eigenvalue weighted by Crippen LogP contribution is -1.94. The zero-order valence-electron chi connectivity index (χ0n) is 8.48. The lowest BCUT2D eigenvalue weighted by Gasteiger charge is -2.08. The van der Waals surface area contributed by atoms with Crippen molar-refractivity contribution in [2.75, 3.05) is 5.32 Å². The second-order valence-electron chi connectivity index (χ2n) is 3.41. The molecular formula is C12H7Cl2F2N. The predicted octanol–water partition coefficient (Wildman–Crippen LogP) is 5.02. The van der Waals surface area contributed by atoms with Gasteiger partial charge < -0.3 is 5.32 Å². The number of anilines is 2. The van der Waals surface area contributed by atoms with Crippen LogP contribution in [0.25, 0.3) is 0 Å². The van der Waals surface area contributed by atoms with Crippen LogP contribution >= 0.6 is 23.2 Å². The van der Waals surface area contributed by atoms with Crippen molar-refractivity contribution in [1.82, 2.24) is 0 Å². The molecule has 0 aliphatic rings. The van der Waals surface area contributed by atoms with Gasteiger partial charge in [0.1, 0.15) is 11.6 Å². The van der Waals surface area contributed by atoms with E-state index < -0.39 is 11.6 Å². The van der Waals surface area contributed by atoms with Crippen LogP contribution < -0.4 is 5.32 Å². The number of hydrogen-bond donors (Lipinski definition) is 1. The van der Waals surface area contributed by atoms with Crippen molar-refractivity contribution in [3.05, 3.63) is 58.1 Å². The highest BCUT2D eigenvalue weighted by molar-refractivity contribution is 6.35. The molecule has 0 heterocycles. The minimum Gasteiger partial charge on any atom is -0.353 e. The summed E-state index contributed by atoms with van der Waals surface area (Å²) in [5.41, 5.74) is 0.523. The van der Waals surface area contributed by atoms with Gasteiger partial charge in [0.15, 0.2) is 0 Å². The summed E-state index contributed by atoms with van der Waals surface area (Å²) in [6.07, 6.45) is 0. The average Bonchev–Trinajstić information content (AvgIpc) is 2.22. The molecule has 0 radical (unpaired) electrons. The molecule has 0 amide bonds. The van der Waals surface area contributed by atoms with Gasteiger partial charge in [-0.3, -0.25) is 0 Å². The molecule has 0 aliphatic carbocycles. The second kappa shape index (κ2) is 4.90. The van der Waals surface area contributed by atoms with Gasteiger partial charge in [-0.15, -0.1) is 0 Å². The zero-order valence-corrected chi connectivity index (χ0v) is 9.99. The third-order valence-electron chi connectivity index (χ3n) is 2.07.